The molecule has 1 unspecified atom stereocenters. The Morgan fingerprint density at radius 3 is 2.85 bits per heavy atom. The minimum atomic E-state index is 0.662. The van der Waals surface area contributed by atoms with Crippen LogP contribution < -0.4 is 10.6 Å². The predicted molar refractivity (Wildman–Crippen MR) is 91.8 cm³/mol. The Morgan fingerprint density at radius 2 is 2.20 bits per heavy atom. The topological polar surface area (TPSA) is 39.7 Å². The molecular weight excluding hydrogens is 268 g/mol. The first-order chi connectivity index (χ1) is 9.67. The Balaban J connectivity index is 2.40. The Labute approximate surface area is 129 Å². The van der Waals surface area contributed by atoms with Gasteiger partial charge in [0.2, 0.25) is 0 Å². The van der Waals surface area contributed by atoms with Crippen LogP contribution in [0.4, 0.5) is 0 Å². The van der Waals surface area contributed by atoms with Crippen molar-refractivity contribution >= 4 is 17.7 Å². The van der Waals surface area contributed by atoms with Crippen molar-refractivity contribution in [3.63, 3.8) is 0 Å². The molecule has 1 fully saturated rings. The normalized spacial score (nSPS) is 21.2. The SMILES string of the molecule is CCNC(=NCC1CCCN(C(C)C)C1)NCCSC. The lowest BCUT2D eigenvalue weighted by atomic mass is 9.97. The van der Waals surface area contributed by atoms with Gasteiger partial charge in [-0.05, 0) is 52.3 Å². The first-order valence-corrected chi connectivity index (χ1v) is 9.31. The smallest absolute Gasteiger partial charge is 0.191 e. The average molecular weight is 301 g/mol. The number of hydrogen-bond acceptors (Lipinski definition) is 3. The Morgan fingerprint density at radius 1 is 1.40 bits per heavy atom. The first-order valence-electron chi connectivity index (χ1n) is 7.92. The lowest BCUT2D eigenvalue weighted by Crippen LogP contribution is -2.42. The molecule has 118 valence electrons. The molecule has 1 aliphatic rings. The molecule has 1 saturated heterocycles. The third-order valence-corrected chi connectivity index (χ3v) is 4.34. The van der Waals surface area contributed by atoms with E-state index in [0.29, 0.717) is 12.0 Å². The van der Waals surface area contributed by atoms with E-state index in [4.69, 9.17) is 4.99 Å². The summed E-state index contributed by atoms with van der Waals surface area (Å²) in [7, 11) is 0. The van der Waals surface area contributed by atoms with E-state index in [1.165, 1.54) is 25.9 Å². The highest BCUT2D eigenvalue weighted by atomic mass is 32.2. The molecule has 0 amide bonds. The van der Waals surface area contributed by atoms with Gasteiger partial charge in [0.25, 0.3) is 0 Å². The van der Waals surface area contributed by atoms with Gasteiger partial charge in [-0.1, -0.05) is 0 Å². The summed E-state index contributed by atoms with van der Waals surface area (Å²) in [5.41, 5.74) is 0. The van der Waals surface area contributed by atoms with Gasteiger partial charge in [-0.25, -0.2) is 0 Å². The highest BCUT2D eigenvalue weighted by Gasteiger charge is 2.21. The third kappa shape index (κ3) is 6.84. The molecule has 0 aromatic rings. The Bertz CT molecular complexity index is 281. The molecule has 1 heterocycles. The summed E-state index contributed by atoms with van der Waals surface area (Å²) in [5.74, 6) is 2.81. The molecule has 1 aliphatic heterocycles. The van der Waals surface area contributed by atoms with E-state index in [-0.39, 0.29) is 0 Å². The summed E-state index contributed by atoms with van der Waals surface area (Å²) >= 11 is 1.86. The van der Waals surface area contributed by atoms with Crippen LogP contribution in [-0.4, -0.2) is 61.6 Å². The number of hydrogen-bond donors (Lipinski definition) is 2. The number of aliphatic imine (C=N–C) groups is 1. The fourth-order valence-electron chi connectivity index (χ4n) is 2.55. The van der Waals surface area contributed by atoms with Crippen molar-refractivity contribution in [1.82, 2.24) is 15.5 Å². The lowest BCUT2D eigenvalue weighted by molar-refractivity contribution is 0.143. The highest BCUT2D eigenvalue weighted by Crippen LogP contribution is 2.18. The summed E-state index contributed by atoms with van der Waals surface area (Å²) in [6.07, 6.45) is 4.76. The monoisotopic (exact) mass is 300 g/mol. The largest absolute Gasteiger partial charge is 0.357 e. The number of piperidine rings is 1. The van der Waals surface area contributed by atoms with Crippen LogP contribution in [0.1, 0.15) is 33.6 Å². The van der Waals surface area contributed by atoms with Crippen molar-refractivity contribution < 1.29 is 0 Å². The second-order valence-corrected chi connectivity index (χ2v) is 6.72. The number of thioether (sulfide) groups is 1. The van der Waals surface area contributed by atoms with Crippen molar-refractivity contribution in [1.29, 1.82) is 0 Å². The molecular formula is C15H32N4S. The van der Waals surface area contributed by atoms with Crippen molar-refractivity contribution in [2.24, 2.45) is 10.9 Å². The number of nitrogens with zero attached hydrogens (tertiary/aromatic N) is 2. The van der Waals surface area contributed by atoms with Gasteiger partial charge in [0.05, 0.1) is 0 Å². The summed E-state index contributed by atoms with van der Waals surface area (Å²) in [5, 5.41) is 6.73. The maximum atomic E-state index is 4.76. The minimum Gasteiger partial charge on any atom is -0.357 e. The molecule has 20 heavy (non-hydrogen) atoms. The molecule has 0 spiro atoms. The maximum absolute atomic E-state index is 4.76. The fraction of sp³-hybridized carbons (Fsp3) is 0.933. The Hall–Kier alpha value is -0.420. The van der Waals surface area contributed by atoms with Gasteiger partial charge in [-0.15, -0.1) is 0 Å². The molecule has 0 bridgehead atoms. The van der Waals surface area contributed by atoms with Crippen LogP contribution in [0.25, 0.3) is 0 Å². The van der Waals surface area contributed by atoms with Crippen LogP contribution in [0.3, 0.4) is 0 Å². The first kappa shape index (κ1) is 17.6. The Kier molecular flexibility index (Phi) is 9.10. The fourth-order valence-corrected chi connectivity index (χ4v) is 2.86. The predicted octanol–water partition coefficient (Wildman–Crippen LogP) is 2.02. The molecule has 0 aromatic heterocycles. The standard InChI is InChI=1S/C15H32N4S/c1-5-16-15(17-8-10-20-4)18-11-14-7-6-9-19(12-14)13(2)3/h13-14H,5-12H2,1-4H3,(H2,16,17,18). The number of nitrogens with one attached hydrogen (secondary N) is 2. The second kappa shape index (κ2) is 10.3. The second-order valence-electron chi connectivity index (χ2n) is 5.74. The van der Waals surface area contributed by atoms with Crippen LogP contribution >= 0.6 is 11.8 Å². The van der Waals surface area contributed by atoms with Crippen LogP contribution in [-0.2, 0) is 0 Å². The molecule has 0 aromatic carbocycles. The minimum absolute atomic E-state index is 0.662. The van der Waals surface area contributed by atoms with Crippen LogP contribution in [0, 0.1) is 5.92 Å². The van der Waals surface area contributed by atoms with Gasteiger partial charge in [0.15, 0.2) is 5.96 Å². The van der Waals surface area contributed by atoms with Gasteiger partial charge in [-0.3, -0.25) is 4.99 Å². The van der Waals surface area contributed by atoms with Crippen LogP contribution in [0.15, 0.2) is 4.99 Å². The number of rotatable bonds is 7. The summed E-state index contributed by atoms with van der Waals surface area (Å²) in [6, 6.07) is 0.662. The highest BCUT2D eigenvalue weighted by molar-refractivity contribution is 7.98. The average Bonchev–Trinajstić information content (AvgIpc) is 2.45. The van der Waals surface area contributed by atoms with Crippen molar-refractivity contribution in [2.75, 3.05) is 44.7 Å². The van der Waals surface area contributed by atoms with E-state index < -0.39 is 0 Å². The molecule has 4 nitrogen and oxygen atoms in total. The third-order valence-electron chi connectivity index (χ3n) is 3.73. The van der Waals surface area contributed by atoms with Crippen LogP contribution in [0.5, 0.6) is 0 Å². The van der Waals surface area contributed by atoms with Gasteiger partial charge in [0.1, 0.15) is 0 Å². The van der Waals surface area contributed by atoms with E-state index in [9.17, 15) is 0 Å². The van der Waals surface area contributed by atoms with Gasteiger partial charge < -0.3 is 15.5 Å². The lowest BCUT2D eigenvalue weighted by Gasteiger charge is -2.34. The zero-order valence-electron chi connectivity index (χ0n) is 13.6. The van der Waals surface area contributed by atoms with E-state index in [2.05, 4.69) is 42.6 Å². The zero-order chi connectivity index (χ0) is 14.8. The van der Waals surface area contributed by atoms with E-state index >= 15 is 0 Å². The van der Waals surface area contributed by atoms with Crippen LogP contribution in [0.2, 0.25) is 0 Å². The van der Waals surface area contributed by atoms with E-state index in [1.807, 2.05) is 11.8 Å². The van der Waals surface area contributed by atoms with E-state index in [0.717, 1.165) is 31.3 Å². The molecule has 5 heteroatoms. The quantitative estimate of drug-likeness (QED) is 0.429. The maximum Gasteiger partial charge on any atom is 0.191 e. The van der Waals surface area contributed by atoms with Crippen molar-refractivity contribution in [2.45, 2.75) is 39.7 Å². The van der Waals surface area contributed by atoms with E-state index in [1.54, 1.807) is 0 Å². The molecule has 0 saturated carbocycles. The summed E-state index contributed by atoms with van der Waals surface area (Å²) in [6.45, 7) is 12.0. The van der Waals surface area contributed by atoms with Crippen molar-refractivity contribution in [3.05, 3.63) is 0 Å². The van der Waals surface area contributed by atoms with Gasteiger partial charge in [0, 0.05) is 38.0 Å². The molecule has 1 rings (SSSR count). The van der Waals surface area contributed by atoms with Gasteiger partial charge >= 0.3 is 0 Å². The molecule has 2 N–H and O–H groups in total. The molecule has 1 atom stereocenters. The number of guanidine groups is 1. The molecule has 0 aliphatic carbocycles. The molecule has 0 radical (unpaired) electrons. The summed E-state index contributed by atoms with van der Waals surface area (Å²) in [4.78, 5) is 7.34. The number of likely N-dealkylation sites (tertiary alicyclic amines) is 1. The van der Waals surface area contributed by atoms with Gasteiger partial charge in [-0.2, -0.15) is 11.8 Å². The van der Waals surface area contributed by atoms with Crippen molar-refractivity contribution in [3.8, 4) is 0 Å². The zero-order valence-corrected chi connectivity index (χ0v) is 14.4. The summed E-state index contributed by atoms with van der Waals surface area (Å²) < 4.78 is 0.